The van der Waals surface area contributed by atoms with Crippen LogP contribution in [0.1, 0.15) is 40.0 Å². The van der Waals surface area contributed by atoms with Crippen molar-refractivity contribution in [2.45, 2.75) is 50.7 Å². The van der Waals surface area contributed by atoms with E-state index in [4.69, 9.17) is 5.26 Å². The molecule has 1 fully saturated rings. The molecular weight excluding hydrogens is 514 g/mol. The van der Waals surface area contributed by atoms with Crippen LogP contribution in [0.25, 0.3) is 0 Å². The smallest absolute Gasteiger partial charge is 0.240 e. The lowest BCUT2D eigenvalue weighted by Gasteiger charge is -2.23. The molecule has 1 aromatic carbocycles. The van der Waals surface area contributed by atoms with Gasteiger partial charge in [-0.25, -0.2) is 0 Å². The summed E-state index contributed by atoms with van der Waals surface area (Å²) in [5, 5.41) is 23.4. The van der Waals surface area contributed by atoms with E-state index in [1.165, 1.54) is 11.8 Å². The predicted molar refractivity (Wildman–Crippen MR) is 155 cm³/mol. The van der Waals surface area contributed by atoms with Crippen LogP contribution in [0.3, 0.4) is 0 Å². The minimum absolute atomic E-state index is 0.00379. The van der Waals surface area contributed by atoms with Crippen molar-refractivity contribution in [1.82, 2.24) is 15.1 Å². The number of amides is 3. The SMILES string of the molecule is CCN1C(=O)C(CCNc2cccc(N(C)C(=O)CN(C)CCC(C)C)c2)SC1CC(C#N)C(=O)NCC#N. The van der Waals surface area contributed by atoms with Gasteiger partial charge in [-0.2, -0.15) is 10.5 Å². The molecule has 0 aliphatic carbocycles. The Hall–Kier alpha value is -3.28. The Balaban J connectivity index is 1.91. The highest BCUT2D eigenvalue weighted by Gasteiger charge is 2.40. The minimum Gasteiger partial charge on any atom is -0.385 e. The van der Waals surface area contributed by atoms with E-state index in [0.29, 0.717) is 32.0 Å². The molecule has 1 aliphatic heterocycles. The fourth-order valence-corrected chi connectivity index (χ4v) is 5.85. The lowest BCUT2D eigenvalue weighted by Crippen LogP contribution is -2.38. The van der Waals surface area contributed by atoms with Crippen molar-refractivity contribution in [3.8, 4) is 12.1 Å². The van der Waals surface area contributed by atoms with Gasteiger partial charge in [-0.3, -0.25) is 19.3 Å². The van der Waals surface area contributed by atoms with Gasteiger partial charge in [-0.1, -0.05) is 19.9 Å². The number of nitrogens with zero attached hydrogens (tertiary/aromatic N) is 5. The van der Waals surface area contributed by atoms with E-state index in [-0.39, 0.29) is 35.4 Å². The maximum absolute atomic E-state index is 13.0. The maximum Gasteiger partial charge on any atom is 0.240 e. The molecule has 10 nitrogen and oxygen atoms in total. The summed E-state index contributed by atoms with van der Waals surface area (Å²) in [5.41, 5.74) is 1.65. The van der Waals surface area contributed by atoms with Gasteiger partial charge in [0.1, 0.15) is 12.5 Å². The maximum atomic E-state index is 13.0. The van der Waals surface area contributed by atoms with E-state index in [0.717, 1.165) is 24.3 Å². The quantitative estimate of drug-likeness (QED) is 0.316. The zero-order valence-electron chi connectivity index (χ0n) is 23.6. The van der Waals surface area contributed by atoms with Gasteiger partial charge in [-0.15, -0.1) is 11.8 Å². The summed E-state index contributed by atoms with van der Waals surface area (Å²) in [6.07, 6.45) is 1.84. The zero-order chi connectivity index (χ0) is 28.9. The number of rotatable bonds is 15. The molecule has 1 saturated heterocycles. The van der Waals surface area contributed by atoms with Crippen LogP contribution in [-0.4, -0.2) is 85.0 Å². The summed E-state index contributed by atoms with van der Waals surface area (Å²) >= 11 is 1.48. The first-order valence-electron chi connectivity index (χ1n) is 13.4. The Kier molecular flexibility index (Phi) is 13.1. The number of thioether (sulfide) groups is 1. The number of anilines is 2. The van der Waals surface area contributed by atoms with Crippen molar-refractivity contribution in [2.24, 2.45) is 11.8 Å². The van der Waals surface area contributed by atoms with Crippen LogP contribution in [0, 0.1) is 34.5 Å². The number of carbonyl (C=O) groups is 3. The Morgan fingerprint density at radius 1 is 1.23 bits per heavy atom. The standard InChI is InChI=1S/C28H41N7O3S/c1-6-35-26(16-21(18-30)27(37)32-14-12-29)39-24(28(35)38)10-13-31-22-8-7-9-23(17-22)34(5)25(36)19-33(4)15-11-20(2)3/h7-9,17,20-21,24,26,31H,6,10-11,13-16,19H2,1-5H3,(H,32,37). The molecule has 0 bridgehead atoms. The largest absolute Gasteiger partial charge is 0.385 e. The van der Waals surface area contributed by atoms with E-state index < -0.39 is 11.8 Å². The highest BCUT2D eigenvalue weighted by Crippen LogP contribution is 2.37. The zero-order valence-corrected chi connectivity index (χ0v) is 24.5. The third kappa shape index (κ3) is 9.76. The minimum atomic E-state index is -0.924. The fourth-order valence-electron chi connectivity index (χ4n) is 4.26. The van der Waals surface area contributed by atoms with Crippen LogP contribution in [0.2, 0.25) is 0 Å². The predicted octanol–water partition coefficient (Wildman–Crippen LogP) is 2.89. The molecule has 2 rings (SSSR count). The van der Waals surface area contributed by atoms with Crippen LogP contribution in [0.4, 0.5) is 11.4 Å². The molecule has 0 saturated carbocycles. The van der Waals surface area contributed by atoms with E-state index in [1.807, 2.05) is 55.3 Å². The van der Waals surface area contributed by atoms with Gasteiger partial charge in [0, 0.05) is 37.9 Å². The first-order chi connectivity index (χ1) is 18.6. The number of benzene rings is 1. The molecule has 3 unspecified atom stereocenters. The number of likely N-dealkylation sites (N-methyl/N-ethyl adjacent to an activating group) is 2. The second-order valence-electron chi connectivity index (χ2n) is 10.1. The Morgan fingerprint density at radius 2 is 1.97 bits per heavy atom. The van der Waals surface area contributed by atoms with Crippen molar-refractivity contribution in [3.63, 3.8) is 0 Å². The van der Waals surface area contributed by atoms with Crippen LogP contribution in [0.15, 0.2) is 24.3 Å². The second-order valence-corrected chi connectivity index (χ2v) is 11.5. The van der Waals surface area contributed by atoms with Crippen LogP contribution < -0.4 is 15.5 Å². The highest BCUT2D eigenvalue weighted by molar-refractivity contribution is 8.01. The first-order valence-corrected chi connectivity index (χ1v) is 14.3. The lowest BCUT2D eigenvalue weighted by atomic mass is 10.1. The first kappa shape index (κ1) is 31.9. The number of nitriles is 2. The number of hydrogen-bond acceptors (Lipinski definition) is 8. The third-order valence-electron chi connectivity index (χ3n) is 6.66. The topological polar surface area (TPSA) is 133 Å². The Labute approximate surface area is 236 Å². The fraction of sp³-hybridized carbons (Fsp3) is 0.607. The van der Waals surface area contributed by atoms with E-state index in [9.17, 15) is 19.6 Å². The third-order valence-corrected chi connectivity index (χ3v) is 8.18. The van der Waals surface area contributed by atoms with Crippen molar-refractivity contribution < 1.29 is 14.4 Å². The Bertz CT molecular complexity index is 1070. The number of carbonyl (C=O) groups excluding carboxylic acids is 3. The van der Waals surface area contributed by atoms with Gasteiger partial charge >= 0.3 is 0 Å². The van der Waals surface area contributed by atoms with Crippen LogP contribution >= 0.6 is 11.8 Å². The molecule has 1 aromatic rings. The Morgan fingerprint density at radius 3 is 2.62 bits per heavy atom. The summed E-state index contributed by atoms with van der Waals surface area (Å²) in [6, 6.07) is 11.5. The van der Waals surface area contributed by atoms with Gasteiger partial charge in [0.05, 0.1) is 29.3 Å². The molecule has 2 N–H and O–H groups in total. The highest BCUT2D eigenvalue weighted by atomic mass is 32.2. The molecule has 0 spiro atoms. The van der Waals surface area contributed by atoms with Gasteiger partial charge < -0.3 is 20.4 Å². The lowest BCUT2D eigenvalue weighted by molar-refractivity contribution is -0.131. The van der Waals surface area contributed by atoms with Gasteiger partial charge in [0.25, 0.3) is 0 Å². The second kappa shape index (κ2) is 16.0. The average Bonchev–Trinajstić information content (AvgIpc) is 3.22. The normalized spacial score (nSPS) is 17.6. The molecule has 0 radical (unpaired) electrons. The van der Waals surface area contributed by atoms with Gasteiger partial charge in [-0.05, 0) is 57.5 Å². The summed E-state index contributed by atoms with van der Waals surface area (Å²) in [7, 11) is 3.74. The van der Waals surface area contributed by atoms with E-state index >= 15 is 0 Å². The molecule has 3 amide bonds. The van der Waals surface area contributed by atoms with Crippen molar-refractivity contribution in [3.05, 3.63) is 24.3 Å². The number of hydrogen-bond donors (Lipinski definition) is 2. The molecule has 0 aromatic heterocycles. The van der Waals surface area contributed by atoms with E-state index in [2.05, 4.69) is 24.5 Å². The number of nitrogens with one attached hydrogen (secondary N) is 2. The van der Waals surface area contributed by atoms with Crippen molar-refractivity contribution in [2.75, 3.05) is 57.0 Å². The van der Waals surface area contributed by atoms with Crippen LogP contribution in [-0.2, 0) is 14.4 Å². The van der Waals surface area contributed by atoms with Crippen LogP contribution in [0.5, 0.6) is 0 Å². The van der Waals surface area contributed by atoms with Crippen molar-refractivity contribution in [1.29, 1.82) is 10.5 Å². The molecule has 39 heavy (non-hydrogen) atoms. The molecule has 1 aliphatic rings. The van der Waals surface area contributed by atoms with Gasteiger partial charge in [0.2, 0.25) is 17.7 Å². The molecule has 1 heterocycles. The molecule has 11 heteroatoms. The summed E-state index contributed by atoms with van der Waals surface area (Å²) < 4.78 is 0. The monoisotopic (exact) mass is 555 g/mol. The summed E-state index contributed by atoms with van der Waals surface area (Å²) in [5.74, 6) is -0.794. The van der Waals surface area contributed by atoms with Crippen molar-refractivity contribution >= 4 is 40.9 Å². The summed E-state index contributed by atoms with van der Waals surface area (Å²) in [6.45, 7) is 8.34. The average molecular weight is 556 g/mol. The molecule has 212 valence electrons. The molecule has 3 atom stereocenters. The van der Waals surface area contributed by atoms with Gasteiger partial charge in [0.15, 0.2) is 0 Å². The molecular formula is C28H41N7O3S. The summed E-state index contributed by atoms with van der Waals surface area (Å²) in [4.78, 5) is 43.4. The van der Waals surface area contributed by atoms with E-state index in [1.54, 1.807) is 16.8 Å².